The molecule has 1 aliphatic carbocycles. The second kappa shape index (κ2) is 7.29. The van der Waals surface area contributed by atoms with Gasteiger partial charge in [0.25, 0.3) is 0 Å². The largest absolute Gasteiger partial charge is 0.461 e. The number of rotatable bonds is 5. The second-order valence-electron chi connectivity index (χ2n) is 8.32. The molecule has 1 atom stereocenters. The summed E-state index contributed by atoms with van der Waals surface area (Å²) in [7, 11) is 0. The fourth-order valence-electron chi connectivity index (χ4n) is 3.78. The van der Waals surface area contributed by atoms with Gasteiger partial charge in [0.05, 0.1) is 17.8 Å². The van der Waals surface area contributed by atoms with Crippen molar-refractivity contribution < 1.29 is 9.53 Å². The molecule has 2 N–H and O–H groups in total. The van der Waals surface area contributed by atoms with Crippen LogP contribution in [0.15, 0.2) is 6.07 Å². The Kier molecular flexibility index (Phi) is 5.26. The highest BCUT2D eigenvalue weighted by Gasteiger charge is 2.30. The van der Waals surface area contributed by atoms with Crippen LogP contribution in [0.3, 0.4) is 0 Å². The first-order chi connectivity index (χ1) is 12.3. The molecular weight excluding hydrogens is 326 g/mol. The second-order valence-corrected chi connectivity index (χ2v) is 8.32. The van der Waals surface area contributed by atoms with Gasteiger partial charge < -0.3 is 15.0 Å². The number of hydrogen-bond donors (Lipinski definition) is 2. The lowest BCUT2D eigenvalue weighted by atomic mass is 9.71. The summed E-state index contributed by atoms with van der Waals surface area (Å²) < 4.78 is 5.23. The number of carbonyl (C=O) groups excluding carboxylic acids is 1. The molecule has 5 nitrogen and oxygen atoms in total. The number of esters is 1. The molecular formula is C21H31N3O2. The number of nitrogens with one attached hydrogen (secondary N) is 2. The van der Waals surface area contributed by atoms with E-state index in [1.54, 1.807) is 0 Å². The highest BCUT2D eigenvalue weighted by atomic mass is 16.5. The molecule has 0 saturated carbocycles. The molecule has 26 heavy (non-hydrogen) atoms. The van der Waals surface area contributed by atoms with Crippen LogP contribution < -0.4 is 5.32 Å². The first-order valence-corrected chi connectivity index (χ1v) is 9.80. The zero-order chi connectivity index (χ0) is 18.9. The number of anilines is 1. The van der Waals surface area contributed by atoms with E-state index in [0.717, 1.165) is 42.5 Å². The molecule has 2 heterocycles. The van der Waals surface area contributed by atoms with Gasteiger partial charge in [0.15, 0.2) is 5.69 Å². The van der Waals surface area contributed by atoms with Crippen LogP contribution in [0.25, 0.3) is 11.0 Å². The minimum Gasteiger partial charge on any atom is -0.461 e. The average Bonchev–Trinajstić information content (AvgIpc) is 2.94. The van der Waals surface area contributed by atoms with Crippen LogP contribution >= 0.6 is 0 Å². The molecule has 0 saturated heterocycles. The van der Waals surface area contributed by atoms with Crippen molar-refractivity contribution in [3.63, 3.8) is 0 Å². The number of pyridine rings is 1. The van der Waals surface area contributed by atoms with Gasteiger partial charge in [0.1, 0.15) is 5.52 Å². The van der Waals surface area contributed by atoms with Gasteiger partial charge in [0.2, 0.25) is 0 Å². The molecule has 0 spiro atoms. The summed E-state index contributed by atoms with van der Waals surface area (Å²) >= 11 is 0. The Bertz CT molecular complexity index is 802. The third-order valence-electron chi connectivity index (χ3n) is 5.39. The van der Waals surface area contributed by atoms with E-state index in [0.29, 0.717) is 23.6 Å². The summed E-state index contributed by atoms with van der Waals surface area (Å²) in [5.74, 6) is 0.334. The third-order valence-corrected chi connectivity index (χ3v) is 5.39. The molecule has 5 heteroatoms. The van der Waals surface area contributed by atoms with Gasteiger partial charge in [-0.05, 0) is 55.6 Å². The molecule has 1 aliphatic rings. The van der Waals surface area contributed by atoms with Crippen molar-refractivity contribution >= 4 is 22.7 Å². The lowest BCUT2D eigenvalue weighted by Crippen LogP contribution is -2.27. The van der Waals surface area contributed by atoms with Crippen LogP contribution in [0.5, 0.6) is 0 Å². The van der Waals surface area contributed by atoms with E-state index >= 15 is 0 Å². The molecule has 0 bridgehead atoms. The number of fused-ring (bicyclic) bond motifs is 2. The van der Waals surface area contributed by atoms with Gasteiger partial charge in [-0.1, -0.05) is 27.7 Å². The molecule has 2 aromatic rings. The predicted molar refractivity (Wildman–Crippen MR) is 106 cm³/mol. The van der Waals surface area contributed by atoms with E-state index in [2.05, 4.69) is 44.1 Å². The van der Waals surface area contributed by atoms with Crippen molar-refractivity contribution in [1.29, 1.82) is 0 Å². The summed E-state index contributed by atoms with van der Waals surface area (Å²) in [6, 6.07) is 2.19. The Balaban J connectivity index is 2.04. The number of carbonyl (C=O) groups is 1. The molecule has 0 radical (unpaired) electrons. The van der Waals surface area contributed by atoms with E-state index in [1.807, 2.05) is 6.92 Å². The van der Waals surface area contributed by atoms with Gasteiger partial charge >= 0.3 is 5.97 Å². The molecule has 0 fully saturated rings. The van der Waals surface area contributed by atoms with Crippen LogP contribution in [-0.4, -0.2) is 29.1 Å². The van der Waals surface area contributed by atoms with Crippen molar-refractivity contribution in [2.45, 2.75) is 60.3 Å². The standard InChI is InChI=1S/C21H31N3O2/c1-6-10-22-18-17-16(24-19(18)20(25)26-7-2)12-13-11-14(21(3,4)5)8-9-15(13)23-17/h12,14,22,24H,6-11H2,1-5H3. The normalized spacial score (nSPS) is 17.2. The summed E-state index contributed by atoms with van der Waals surface area (Å²) in [4.78, 5) is 20.6. The Labute approximate surface area is 155 Å². The molecule has 2 aromatic heterocycles. The SMILES string of the molecule is CCCNc1c(C(=O)OCC)[nH]c2cc3c(nc12)CCC(C(C)(C)C)C3. The highest BCUT2D eigenvalue weighted by Crippen LogP contribution is 2.38. The monoisotopic (exact) mass is 357 g/mol. The molecule has 3 rings (SSSR count). The summed E-state index contributed by atoms with van der Waals surface area (Å²) in [6.45, 7) is 12.0. The number of nitrogens with zero attached hydrogens (tertiary/aromatic N) is 1. The number of aromatic nitrogens is 2. The topological polar surface area (TPSA) is 67.0 Å². The maximum absolute atomic E-state index is 12.4. The quantitative estimate of drug-likeness (QED) is 0.760. The molecule has 0 amide bonds. The Morgan fingerprint density at radius 3 is 2.81 bits per heavy atom. The minimum atomic E-state index is -0.324. The van der Waals surface area contributed by atoms with Crippen molar-refractivity contribution in [2.24, 2.45) is 11.3 Å². The fourth-order valence-corrected chi connectivity index (χ4v) is 3.78. The van der Waals surface area contributed by atoms with E-state index < -0.39 is 0 Å². The first-order valence-electron chi connectivity index (χ1n) is 9.80. The molecule has 142 valence electrons. The smallest absolute Gasteiger partial charge is 0.357 e. The van der Waals surface area contributed by atoms with E-state index in [1.165, 1.54) is 17.7 Å². The number of hydrogen-bond acceptors (Lipinski definition) is 4. The number of aromatic amines is 1. The van der Waals surface area contributed by atoms with E-state index in [-0.39, 0.29) is 5.97 Å². The Hall–Kier alpha value is -2.04. The predicted octanol–water partition coefficient (Wildman–Crippen LogP) is 4.71. The molecule has 0 aliphatic heterocycles. The van der Waals surface area contributed by atoms with Crippen molar-refractivity contribution in [2.75, 3.05) is 18.5 Å². The Morgan fingerprint density at radius 2 is 2.15 bits per heavy atom. The summed E-state index contributed by atoms with van der Waals surface area (Å²) in [6.07, 6.45) is 4.20. The zero-order valence-corrected chi connectivity index (χ0v) is 16.7. The van der Waals surface area contributed by atoms with Crippen LogP contribution in [0.2, 0.25) is 0 Å². The van der Waals surface area contributed by atoms with Crippen LogP contribution in [0.1, 0.15) is 69.2 Å². The van der Waals surface area contributed by atoms with E-state index in [4.69, 9.17) is 9.72 Å². The summed E-state index contributed by atoms with van der Waals surface area (Å²) in [5, 5.41) is 3.37. The fraction of sp³-hybridized carbons (Fsp3) is 0.619. The molecule has 1 unspecified atom stereocenters. The van der Waals surface area contributed by atoms with Gasteiger partial charge in [-0.3, -0.25) is 0 Å². The Morgan fingerprint density at radius 1 is 1.38 bits per heavy atom. The van der Waals surface area contributed by atoms with Crippen LogP contribution in [0.4, 0.5) is 5.69 Å². The van der Waals surface area contributed by atoms with Crippen molar-refractivity contribution in [1.82, 2.24) is 9.97 Å². The number of H-pyrrole nitrogens is 1. The zero-order valence-electron chi connectivity index (χ0n) is 16.7. The van der Waals surface area contributed by atoms with Crippen LogP contribution in [-0.2, 0) is 17.6 Å². The molecule has 0 aromatic carbocycles. The lowest BCUT2D eigenvalue weighted by molar-refractivity contribution is 0.0521. The average molecular weight is 357 g/mol. The highest BCUT2D eigenvalue weighted by molar-refractivity contribution is 6.04. The maximum Gasteiger partial charge on any atom is 0.357 e. The number of ether oxygens (including phenoxy) is 1. The van der Waals surface area contributed by atoms with Gasteiger partial charge in [0, 0.05) is 12.2 Å². The number of aryl methyl sites for hydroxylation is 1. The van der Waals surface area contributed by atoms with Gasteiger partial charge in [-0.15, -0.1) is 0 Å². The van der Waals surface area contributed by atoms with Crippen molar-refractivity contribution in [3.8, 4) is 0 Å². The first kappa shape index (κ1) is 18.7. The van der Waals surface area contributed by atoms with Gasteiger partial charge in [-0.25, -0.2) is 9.78 Å². The van der Waals surface area contributed by atoms with E-state index in [9.17, 15) is 4.79 Å². The maximum atomic E-state index is 12.4. The minimum absolute atomic E-state index is 0.298. The van der Waals surface area contributed by atoms with Gasteiger partial charge in [-0.2, -0.15) is 0 Å². The van der Waals surface area contributed by atoms with Crippen molar-refractivity contribution in [3.05, 3.63) is 23.0 Å². The van der Waals surface area contributed by atoms with Crippen LogP contribution in [0, 0.1) is 11.3 Å². The lowest BCUT2D eigenvalue weighted by Gasteiger charge is -2.34. The third kappa shape index (κ3) is 3.57. The summed E-state index contributed by atoms with van der Waals surface area (Å²) in [5.41, 5.74) is 5.81.